The number of benzene rings is 4. The standard InChI is InChI=1S/C43H26N18O6S/c44-17-23-19-46-60(36(23)56-54-32(40(66)50-27-12-4-1-9-22(27)21-62)34-48-28-13-5-2-10-25(28)38(64)52-34)42-58-59-43(68-42)61-37(24(18-45)20-47-61)57-55-33(41(67)51-30-15-7-8-16-31(30)63)35-49-29-14-6-3-11-26(29)39(65)53-35/h1-16,19-21,32-33,63H,(H,50,66)(H,51,67)(H,48,52,64)(H,49,53,65). The van der Waals surface area contributed by atoms with Gasteiger partial charge in [-0.1, -0.05) is 59.9 Å². The van der Waals surface area contributed by atoms with Crippen molar-refractivity contribution in [2.45, 2.75) is 12.1 Å². The average Bonchev–Trinajstić information content (AvgIpc) is 4.11. The van der Waals surface area contributed by atoms with Crippen molar-refractivity contribution in [2.75, 3.05) is 10.6 Å². The second kappa shape index (κ2) is 18.4. The number of phenolic OH excluding ortho intramolecular Hbond substituents is 1. The number of rotatable bonds is 13. The molecule has 0 bridgehead atoms. The van der Waals surface area contributed by atoms with E-state index >= 15 is 0 Å². The SMILES string of the molecule is N#Cc1cnn(-c2nnc(-n3ncc(C#N)c3N=NC(C(=O)Nc3ccccc3C=O)c3nc4ccccc4c(=O)[nH]3)s2)c1N=NC(C(=O)Nc1ccccc1O)c1nc2ccccc2c(=O)[nH]1. The Bertz CT molecular complexity index is 3740. The number of nitriles is 2. The fraction of sp³-hybridized carbons (Fsp3) is 0.0465. The molecule has 0 fully saturated rings. The number of fused-ring (bicyclic) bond motifs is 2. The number of aromatic hydroxyl groups is 1. The molecule has 24 nitrogen and oxygen atoms in total. The van der Waals surface area contributed by atoms with Crippen molar-refractivity contribution in [1.82, 2.24) is 49.7 Å². The van der Waals surface area contributed by atoms with E-state index in [1.165, 1.54) is 24.3 Å². The molecule has 0 spiro atoms. The molecular weight excluding hydrogens is 897 g/mol. The van der Waals surface area contributed by atoms with Gasteiger partial charge in [-0.3, -0.25) is 24.0 Å². The monoisotopic (exact) mass is 922 g/mol. The van der Waals surface area contributed by atoms with Gasteiger partial charge in [-0.25, -0.2) is 9.97 Å². The number of aldehydes is 1. The predicted octanol–water partition coefficient (Wildman–Crippen LogP) is 5.57. The summed E-state index contributed by atoms with van der Waals surface area (Å²) in [5.74, 6) is -2.84. The van der Waals surface area contributed by atoms with Gasteiger partial charge in [0, 0.05) is 5.56 Å². The lowest BCUT2D eigenvalue weighted by molar-refractivity contribution is -0.118. The highest BCUT2D eigenvalue weighted by atomic mass is 32.1. The van der Waals surface area contributed by atoms with Gasteiger partial charge in [0.2, 0.25) is 22.3 Å². The third-order valence-electron chi connectivity index (χ3n) is 9.82. The molecule has 5 N–H and O–H groups in total. The number of phenols is 1. The van der Waals surface area contributed by atoms with Crippen LogP contribution < -0.4 is 21.8 Å². The van der Waals surface area contributed by atoms with Crippen LogP contribution in [-0.2, 0) is 9.59 Å². The lowest BCUT2D eigenvalue weighted by Gasteiger charge is -2.13. The first-order valence-electron chi connectivity index (χ1n) is 19.7. The third kappa shape index (κ3) is 8.43. The molecule has 5 heterocycles. The van der Waals surface area contributed by atoms with Crippen LogP contribution in [0.3, 0.4) is 0 Å². The Labute approximate surface area is 382 Å². The summed E-state index contributed by atoms with van der Waals surface area (Å²) in [7, 11) is 0. The van der Waals surface area contributed by atoms with E-state index in [4.69, 9.17) is 0 Å². The molecule has 9 aromatic rings. The molecular formula is C43H26N18O6S. The van der Waals surface area contributed by atoms with E-state index in [0.717, 1.165) is 33.1 Å². The van der Waals surface area contributed by atoms with Crippen molar-refractivity contribution in [3.8, 4) is 28.2 Å². The molecule has 9 rings (SSSR count). The predicted molar refractivity (Wildman–Crippen MR) is 240 cm³/mol. The van der Waals surface area contributed by atoms with E-state index in [1.807, 2.05) is 12.1 Å². The molecule has 5 aromatic heterocycles. The molecule has 0 aliphatic heterocycles. The number of aromatic amines is 2. The second-order valence-electron chi connectivity index (χ2n) is 14.1. The van der Waals surface area contributed by atoms with E-state index < -0.39 is 35.0 Å². The molecule has 68 heavy (non-hydrogen) atoms. The number of aromatic nitrogens is 10. The molecule has 2 atom stereocenters. The van der Waals surface area contributed by atoms with Crippen molar-refractivity contribution < 1.29 is 19.5 Å². The summed E-state index contributed by atoms with van der Waals surface area (Å²) >= 11 is 0.822. The molecule has 2 unspecified atom stereocenters. The summed E-state index contributed by atoms with van der Waals surface area (Å²) in [6, 6.07) is 25.6. The van der Waals surface area contributed by atoms with Gasteiger partial charge in [0.1, 0.15) is 40.7 Å². The molecule has 0 radical (unpaired) electrons. The maximum absolute atomic E-state index is 13.9. The summed E-state index contributed by atoms with van der Waals surface area (Å²) in [6.45, 7) is 0. The Kier molecular flexibility index (Phi) is 11.7. The van der Waals surface area contributed by atoms with Crippen LogP contribution in [0.1, 0.15) is 45.2 Å². The van der Waals surface area contributed by atoms with Gasteiger partial charge in [-0.2, -0.15) is 40.3 Å². The quantitative estimate of drug-likeness (QED) is 0.0536. The van der Waals surface area contributed by atoms with Gasteiger partial charge in [-0.15, -0.1) is 20.4 Å². The van der Waals surface area contributed by atoms with Crippen LogP contribution in [0.2, 0.25) is 0 Å². The highest BCUT2D eigenvalue weighted by molar-refractivity contribution is 7.16. The summed E-state index contributed by atoms with van der Waals surface area (Å²) in [4.78, 5) is 79.8. The van der Waals surface area contributed by atoms with Crippen LogP contribution in [-0.4, -0.2) is 72.9 Å². The number of H-pyrrole nitrogens is 2. The number of anilines is 2. The zero-order valence-corrected chi connectivity index (χ0v) is 35.1. The first kappa shape index (κ1) is 43.0. The maximum Gasteiger partial charge on any atom is 0.259 e. The first-order valence-corrected chi connectivity index (χ1v) is 20.5. The Balaban J connectivity index is 1.07. The number of hydrogen-bond acceptors (Lipinski definition) is 19. The molecule has 0 aliphatic carbocycles. The smallest absolute Gasteiger partial charge is 0.259 e. The number of amides is 2. The third-order valence-corrected chi connectivity index (χ3v) is 10.7. The number of carbonyl (C=O) groups is 3. The molecule has 25 heteroatoms. The van der Waals surface area contributed by atoms with Crippen LogP contribution in [0.4, 0.5) is 23.0 Å². The zero-order chi connectivity index (χ0) is 47.3. The number of hydrogen-bond donors (Lipinski definition) is 5. The van der Waals surface area contributed by atoms with Crippen LogP contribution in [0.25, 0.3) is 32.1 Å². The first-order chi connectivity index (χ1) is 33.1. The van der Waals surface area contributed by atoms with Crippen molar-refractivity contribution in [1.29, 1.82) is 10.5 Å². The van der Waals surface area contributed by atoms with Crippen LogP contribution in [0.5, 0.6) is 5.75 Å². The Morgan fingerprint density at radius 1 is 0.676 bits per heavy atom. The lowest BCUT2D eigenvalue weighted by Crippen LogP contribution is -2.24. The number of carbonyl (C=O) groups excluding carboxylic acids is 3. The van der Waals surface area contributed by atoms with Crippen LogP contribution in [0, 0.1) is 22.7 Å². The molecule has 0 saturated carbocycles. The summed E-state index contributed by atoms with van der Waals surface area (Å²) in [6.07, 6.45) is 2.87. The van der Waals surface area contributed by atoms with Crippen molar-refractivity contribution >= 4 is 74.3 Å². The van der Waals surface area contributed by atoms with E-state index in [-0.39, 0.29) is 89.2 Å². The van der Waals surface area contributed by atoms with E-state index in [1.54, 1.807) is 72.8 Å². The Morgan fingerprint density at radius 3 is 1.63 bits per heavy atom. The average molecular weight is 923 g/mol. The highest BCUT2D eigenvalue weighted by Gasteiger charge is 2.28. The second-order valence-corrected chi connectivity index (χ2v) is 15.0. The molecule has 4 aromatic carbocycles. The van der Waals surface area contributed by atoms with Crippen LogP contribution >= 0.6 is 11.3 Å². The number of azo groups is 2. The van der Waals surface area contributed by atoms with Gasteiger partial charge in [0.05, 0.1) is 45.6 Å². The topological polar surface area (TPSA) is 345 Å². The number of nitrogens with zero attached hydrogens (tertiary/aromatic N) is 14. The number of nitrogens with one attached hydrogen (secondary N) is 4. The molecule has 330 valence electrons. The lowest BCUT2D eigenvalue weighted by atomic mass is 10.1. The fourth-order valence-electron chi connectivity index (χ4n) is 6.54. The van der Waals surface area contributed by atoms with Gasteiger partial charge in [0.15, 0.2) is 17.9 Å². The van der Waals surface area contributed by atoms with E-state index in [2.05, 4.69) is 71.4 Å². The van der Waals surface area contributed by atoms with E-state index in [0.29, 0.717) is 6.29 Å². The minimum absolute atomic E-state index is 0.0242. The zero-order valence-electron chi connectivity index (χ0n) is 34.3. The Morgan fingerprint density at radius 2 is 1.13 bits per heavy atom. The summed E-state index contributed by atoms with van der Waals surface area (Å²) in [5.41, 5.74) is -0.546. The van der Waals surface area contributed by atoms with Gasteiger partial charge in [0.25, 0.3) is 22.9 Å². The number of para-hydroxylation sites is 5. The minimum Gasteiger partial charge on any atom is -0.506 e. The molecule has 0 aliphatic rings. The van der Waals surface area contributed by atoms with Crippen molar-refractivity contribution in [3.63, 3.8) is 0 Å². The summed E-state index contributed by atoms with van der Waals surface area (Å²) < 4.78 is 2.18. The van der Waals surface area contributed by atoms with Gasteiger partial charge < -0.3 is 25.7 Å². The van der Waals surface area contributed by atoms with Crippen LogP contribution in [0.15, 0.2) is 140 Å². The van der Waals surface area contributed by atoms with Crippen molar-refractivity contribution in [3.05, 3.63) is 159 Å². The van der Waals surface area contributed by atoms with Gasteiger partial charge in [-0.05, 0) is 48.5 Å². The molecule has 0 saturated heterocycles. The summed E-state index contributed by atoms with van der Waals surface area (Å²) in [5, 5.41) is 69.9. The van der Waals surface area contributed by atoms with Gasteiger partial charge >= 0.3 is 0 Å². The Hall–Kier alpha value is -10.3. The highest BCUT2D eigenvalue weighted by Crippen LogP contribution is 2.32. The normalized spacial score (nSPS) is 12.2. The van der Waals surface area contributed by atoms with E-state index in [9.17, 15) is 39.6 Å². The van der Waals surface area contributed by atoms with Crippen molar-refractivity contribution in [2.24, 2.45) is 20.5 Å². The maximum atomic E-state index is 13.9. The molecule has 2 amide bonds. The minimum atomic E-state index is -1.65. The fourth-order valence-corrected chi connectivity index (χ4v) is 7.31. The largest absolute Gasteiger partial charge is 0.506 e.